The first-order valence-corrected chi connectivity index (χ1v) is 8.02. The first-order chi connectivity index (χ1) is 9.04. The molecule has 1 heterocycles. The highest BCUT2D eigenvalue weighted by Gasteiger charge is 2.20. The molecular formula is C15H22BrClN2. The molecule has 0 radical (unpaired) electrons. The summed E-state index contributed by atoms with van der Waals surface area (Å²) in [5, 5.41) is 0.866. The van der Waals surface area contributed by atoms with Crippen LogP contribution in [0.4, 0.5) is 0 Å². The van der Waals surface area contributed by atoms with Crippen molar-refractivity contribution in [1.82, 2.24) is 9.80 Å². The highest BCUT2D eigenvalue weighted by atomic mass is 79.9. The summed E-state index contributed by atoms with van der Waals surface area (Å²) in [6.45, 7) is 4.56. The Morgan fingerprint density at radius 3 is 2.58 bits per heavy atom. The fourth-order valence-electron chi connectivity index (χ4n) is 2.73. The number of likely N-dealkylation sites (tertiary alicyclic amines) is 1. The molecule has 0 saturated carbocycles. The minimum Gasteiger partial charge on any atom is -0.309 e. The molecular weight excluding hydrogens is 324 g/mol. The molecule has 2 nitrogen and oxygen atoms in total. The van der Waals surface area contributed by atoms with Crippen LogP contribution in [0.3, 0.4) is 0 Å². The van der Waals surface area contributed by atoms with Crippen LogP contribution in [0.15, 0.2) is 22.7 Å². The first kappa shape index (κ1) is 15.3. The summed E-state index contributed by atoms with van der Waals surface area (Å²) in [7, 11) is 4.32. The summed E-state index contributed by atoms with van der Waals surface area (Å²) in [6.07, 6.45) is 2.60. The fourth-order valence-corrected chi connectivity index (χ4v) is 3.47. The average molecular weight is 346 g/mol. The van der Waals surface area contributed by atoms with E-state index < -0.39 is 0 Å². The normalized spacial score (nSPS) is 18.2. The molecule has 1 aliphatic heterocycles. The van der Waals surface area contributed by atoms with E-state index in [1.165, 1.54) is 38.0 Å². The molecule has 1 fully saturated rings. The van der Waals surface area contributed by atoms with Gasteiger partial charge in [-0.1, -0.05) is 33.6 Å². The number of hydrogen-bond acceptors (Lipinski definition) is 2. The van der Waals surface area contributed by atoms with E-state index in [1.807, 2.05) is 6.07 Å². The van der Waals surface area contributed by atoms with E-state index in [9.17, 15) is 0 Å². The van der Waals surface area contributed by atoms with E-state index in [0.717, 1.165) is 22.0 Å². The zero-order valence-electron chi connectivity index (χ0n) is 11.7. The minimum absolute atomic E-state index is 0.853. The number of rotatable bonds is 4. The molecule has 1 aromatic carbocycles. The van der Waals surface area contributed by atoms with Crippen molar-refractivity contribution in [3.63, 3.8) is 0 Å². The van der Waals surface area contributed by atoms with Crippen LogP contribution >= 0.6 is 27.5 Å². The molecule has 2 rings (SSSR count). The quantitative estimate of drug-likeness (QED) is 0.817. The Bertz CT molecular complexity index is 415. The lowest BCUT2D eigenvalue weighted by Crippen LogP contribution is -2.36. The maximum absolute atomic E-state index is 6.28. The Labute approximate surface area is 129 Å². The van der Waals surface area contributed by atoms with Gasteiger partial charge in [-0.15, -0.1) is 0 Å². The number of piperidine rings is 1. The van der Waals surface area contributed by atoms with Gasteiger partial charge >= 0.3 is 0 Å². The van der Waals surface area contributed by atoms with Gasteiger partial charge in [0, 0.05) is 22.6 Å². The third-order valence-corrected chi connectivity index (χ3v) is 4.58. The summed E-state index contributed by atoms with van der Waals surface area (Å²) >= 11 is 9.73. The van der Waals surface area contributed by atoms with Crippen molar-refractivity contribution in [3.05, 3.63) is 33.3 Å². The topological polar surface area (TPSA) is 6.48 Å². The highest BCUT2D eigenvalue weighted by Crippen LogP contribution is 2.25. The summed E-state index contributed by atoms with van der Waals surface area (Å²) in [6, 6.07) is 6.17. The summed E-state index contributed by atoms with van der Waals surface area (Å²) in [5.74, 6) is 0.853. The van der Waals surface area contributed by atoms with Crippen molar-refractivity contribution >= 4 is 27.5 Å². The van der Waals surface area contributed by atoms with E-state index in [2.05, 4.69) is 52.0 Å². The Hall–Kier alpha value is -0.0900. The second-order valence-corrected chi connectivity index (χ2v) is 7.04. The molecule has 0 aromatic heterocycles. The predicted octanol–water partition coefficient (Wildman–Crippen LogP) is 3.88. The van der Waals surface area contributed by atoms with Crippen molar-refractivity contribution in [1.29, 1.82) is 0 Å². The van der Waals surface area contributed by atoms with Crippen molar-refractivity contribution in [2.24, 2.45) is 5.92 Å². The van der Waals surface area contributed by atoms with Crippen LogP contribution in [0.2, 0.25) is 5.02 Å². The molecule has 1 aliphatic rings. The molecule has 0 amide bonds. The molecule has 0 bridgehead atoms. The second-order valence-electron chi connectivity index (χ2n) is 5.72. The smallest absolute Gasteiger partial charge is 0.0462 e. The molecule has 0 spiro atoms. The third kappa shape index (κ3) is 4.75. The first-order valence-electron chi connectivity index (χ1n) is 6.85. The van der Waals surface area contributed by atoms with Gasteiger partial charge in [0.05, 0.1) is 0 Å². The summed E-state index contributed by atoms with van der Waals surface area (Å²) in [5.41, 5.74) is 1.23. The fraction of sp³-hybridized carbons (Fsp3) is 0.600. The van der Waals surface area contributed by atoms with Gasteiger partial charge in [0.2, 0.25) is 0 Å². The van der Waals surface area contributed by atoms with Crippen LogP contribution in [0.1, 0.15) is 18.4 Å². The second kappa shape index (κ2) is 7.07. The van der Waals surface area contributed by atoms with Gasteiger partial charge in [-0.2, -0.15) is 0 Å². The molecule has 19 heavy (non-hydrogen) atoms. The van der Waals surface area contributed by atoms with E-state index >= 15 is 0 Å². The van der Waals surface area contributed by atoms with Crippen LogP contribution in [-0.2, 0) is 6.54 Å². The lowest BCUT2D eigenvalue weighted by molar-refractivity contribution is 0.157. The van der Waals surface area contributed by atoms with Gasteiger partial charge in [0.15, 0.2) is 0 Å². The van der Waals surface area contributed by atoms with Crippen LogP contribution < -0.4 is 0 Å². The number of hydrogen-bond donors (Lipinski definition) is 0. The van der Waals surface area contributed by atoms with E-state index in [0.29, 0.717) is 0 Å². The molecule has 1 aromatic rings. The zero-order chi connectivity index (χ0) is 13.8. The van der Waals surface area contributed by atoms with E-state index in [-0.39, 0.29) is 0 Å². The van der Waals surface area contributed by atoms with Crippen LogP contribution in [0.5, 0.6) is 0 Å². The Balaban J connectivity index is 1.85. The van der Waals surface area contributed by atoms with Crippen molar-refractivity contribution < 1.29 is 0 Å². The van der Waals surface area contributed by atoms with Crippen molar-refractivity contribution in [2.45, 2.75) is 19.4 Å². The van der Waals surface area contributed by atoms with Gasteiger partial charge in [-0.05, 0) is 63.6 Å². The molecule has 106 valence electrons. The third-order valence-electron chi connectivity index (χ3n) is 3.74. The summed E-state index contributed by atoms with van der Waals surface area (Å²) in [4.78, 5) is 4.81. The van der Waals surface area contributed by atoms with Gasteiger partial charge in [0.25, 0.3) is 0 Å². The van der Waals surface area contributed by atoms with Crippen molar-refractivity contribution in [3.8, 4) is 0 Å². The molecule has 0 N–H and O–H groups in total. The SMILES string of the molecule is CN(C)CC1CCN(Cc2ccc(Br)cc2Cl)CC1. The highest BCUT2D eigenvalue weighted by molar-refractivity contribution is 9.10. The lowest BCUT2D eigenvalue weighted by Gasteiger charge is -2.33. The molecule has 1 saturated heterocycles. The molecule has 0 atom stereocenters. The number of nitrogens with zero attached hydrogens (tertiary/aromatic N) is 2. The standard InChI is InChI=1S/C15H22BrClN2/c1-18(2)10-12-5-7-19(8-6-12)11-13-3-4-14(16)9-15(13)17/h3-4,9,12H,5-8,10-11H2,1-2H3. The van der Waals surface area contributed by atoms with Gasteiger partial charge < -0.3 is 4.90 Å². The van der Waals surface area contributed by atoms with E-state index in [1.54, 1.807) is 0 Å². The van der Waals surface area contributed by atoms with Gasteiger partial charge in [-0.3, -0.25) is 4.90 Å². The molecule has 0 aliphatic carbocycles. The Morgan fingerprint density at radius 1 is 1.32 bits per heavy atom. The minimum atomic E-state index is 0.853. The van der Waals surface area contributed by atoms with Gasteiger partial charge in [-0.25, -0.2) is 0 Å². The van der Waals surface area contributed by atoms with Crippen LogP contribution in [0, 0.1) is 5.92 Å². The van der Waals surface area contributed by atoms with Crippen LogP contribution in [-0.4, -0.2) is 43.5 Å². The zero-order valence-corrected chi connectivity index (χ0v) is 14.0. The number of benzene rings is 1. The van der Waals surface area contributed by atoms with Gasteiger partial charge in [0.1, 0.15) is 0 Å². The Kier molecular flexibility index (Phi) is 5.70. The summed E-state index contributed by atoms with van der Waals surface area (Å²) < 4.78 is 1.05. The average Bonchev–Trinajstić information content (AvgIpc) is 2.34. The van der Waals surface area contributed by atoms with Crippen molar-refractivity contribution in [2.75, 3.05) is 33.7 Å². The maximum atomic E-state index is 6.28. The lowest BCUT2D eigenvalue weighted by atomic mass is 9.96. The maximum Gasteiger partial charge on any atom is 0.0462 e. The predicted molar refractivity (Wildman–Crippen MR) is 85.7 cm³/mol. The van der Waals surface area contributed by atoms with Crippen LogP contribution in [0.25, 0.3) is 0 Å². The Morgan fingerprint density at radius 2 is 2.00 bits per heavy atom. The monoisotopic (exact) mass is 344 g/mol. The largest absolute Gasteiger partial charge is 0.309 e. The molecule has 4 heteroatoms. The number of halogens is 2. The molecule has 0 unspecified atom stereocenters. The van der Waals surface area contributed by atoms with E-state index in [4.69, 9.17) is 11.6 Å².